The zero-order valence-electron chi connectivity index (χ0n) is 8.95. The molecule has 0 saturated carbocycles. The van der Waals surface area contributed by atoms with Crippen LogP contribution in [-0.2, 0) is 0 Å². The van der Waals surface area contributed by atoms with Crippen LogP contribution in [0.1, 0.15) is 42.6 Å². The Morgan fingerprint density at radius 3 is 2.00 bits per heavy atom. The predicted octanol–water partition coefficient (Wildman–Crippen LogP) is 2.34. The van der Waals surface area contributed by atoms with Gasteiger partial charge in [0.25, 0.3) is 0 Å². The Morgan fingerprint density at radius 1 is 1.14 bits per heavy atom. The highest BCUT2D eigenvalue weighted by Gasteiger charge is 2.10. The van der Waals surface area contributed by atoms with Crippen LogP contribution in [0.15, 0.2) is 24.3 Å². The van der Waals surface area contributed by atoms with E-state index >= 15 is 0 Å². The number of carbonyl (C=O) groups is 1. The van der Waals surface area contributed by atoms with Gasteiger partial charge in [0, 0.05) is 5.56 Å². The molecule has 0 bridgehead atoms. The maximum Gasteiger partial charge on any atom is 0.179 e. The molecular formula is C12H17NO. The van der Waals surface area contributed by atoms with E-state index in [1.807, 2.05) is 24.3 Å². The highest BCUT2D eigenvalue weighted by molar-refractivity contribution is 5.99. The van der Waals surface area contributed by atoms with Crippen molar-refractivity contribution in [3.05, 3.63) is 35.4 Å². The minimum atomic E-state index is -0.417. The second kappa shape index (κ2) is 4.38. The molecule has 1 atom stereocenters. The van der Waals surface area contributed by atoms with Gasteiger partial charge in [0.1, 0.15) is 0 Å². The van der Waals surface area contributed by atoms with Gasteiger partial charge < -0.3 is 5.73 Å². The molecule has 1 aromatic rings. The Balaban J connectivity index is 2.89. The van der Waals surface area contributed by atoms with Crippen molar-refractivity contribution in [2.45, 2.75) is 32.7 Å². The SMILES string of the molecule is CC(N)C(=O)c1ccc(C(C)C)cc1. The Morgan fingerprint density at radius 2 is 1.64 bits per heavy atom. The van der Waals surface area contributed by atoms with Crippen LogP contribution < -0.4 is 5.73 Å². The van der Waals surface area contributed by atoms with E-state index in [0.717, 1.165) is 0 Å². The van der Waals surface area contributed by atoms with Gasteiger partial charge in [-0.05, 0) is 18.4 Å². The van der Waals surface area contributed by atoms with Crippen LogP contribution in [-0.4, -0.2) is 11.8 Å². The number of ketones is 1. The molecule has 2 N–H and O–H groups in total. The molecule has 0 fully saturated rings. The molecule has 0 aliphatic rings. The summed E-state index contributed by atoms with van der Waals surface area (Å²) in [6.45, 7) is 5.96. The predicted molar refractivity (Wildman–Crippen MR) is 58.5 cm³/mol. The van der Waals surface area contributed by atoms with E-state index in [2.05, 4.69) is 13.8 Å². The molecule has 0 saturated heterocycles. The van der Waals surface area contributed by atoms with Crippen molar-refractivity contribution in [2.75, 3.05) is 0 Å². The third-order valence-corrected chi connectivity index (χ3v) is 2.28. The average Bonchev–Trinajstić information content (AvgIpc) is 2.16. The fourth-order valence-electron chi connectivity index (χ4n) is 1.30. The van der Waals surface area contributed by atoms with Gasteiger partial charge in [0.2, 0.25) is 0 Å². The maximum absolute atomic E-state index is 11.5. The number of hydrogen-bond acceptors (Lipinski definition) is 2. The van der Waals surface area contributed by atoms with Crippen LogP contribution in [0.4, 0.5) is 0 Å². The Bertz CT molecular complexity index is 312. The van der Waals surface area contributed by atoms with E-state index in [-0.39, 0.29) is 5.78 Å². The Hall–Kier alpha value is -1.15. The van der Waals surface area contributed by atoms with Gasteiger partial charge in [-0.3, -0.25) is 4.79 Å². The molecule has 0 amide bonds. The highest BCUT2D eigenvalue weighted by atomic mass is 16.1. The van der Waals surface area contributed by atoms with Crippen molar-refractivity contribution in [2.24, 2.45) is 5.73 Å². The van der Waals surface area contributed by atoms with Gasteiger partial charge in [-0.25, -0.2) is 0 Å². The zero-order chi connectivity index (χ0) is 10.7. The molecule has 1 unspecified atom stereocenters. The van der Waals surface area contributed by atoms with Crippen molar-refractivity contribution >= 4 is 5.78 Å². The van der Waals surface area contributed by atoms with Gasteiger partial charge in [-0.15, -0.1) is 0 Å². The molecule has 0 aliphatic heterocycles. The molecular weight excluding hydrogens is 174 g/mol. The summed E-state index contributed by atoms with van der Waals surface area (Å²) in [7, 11) is 0. The van der Waals surface area contributed by atoms with Crippen LogP contribution >= 0.6 is 0 Å². The lowest BCUT2D eigenvalue weighted by Crippen LogP contribution is -2.26. The van der Waals surface area contributed by atoms with E-state index in [0.29, 0.717) is 11.5 Å². The molecule has 0 aliphatic carbocycles. The van der Waals surface area contributed by atoms with Crippen molar-refractivity contribution in [3.8, 4) is 0 Å². The number of Topliss-reactive ketones (excluding diaryl/α,β-unsaturated/α-hetero) is 1. The van der Waals surface area contributed by atoms with E-state index in [1.54, 1.807) is 6.92 Å². The topological polar surface area (TPSA) is 43.1 Å². The van der Waals surface area contributed by atoms with Crippen LogP contribution in [0, 0.1) is 0 Å². The Labute approximate surface area is 85.1 Å². The van der Waals surface area contributed by atoms with Gasteiger partial charge in [0.15, 0.2) is 5.78 Å². The lowest BCUT2D eigenvalue weighted by Gasteiger charge is -2.07. The summed E-state index contributed by atoms with van der Waals surface area (Å²) in [6, 6.07) is 7.25. The monoisotopic (exact) mass is 191 g/mol. The summed E-state index contributed by atoms with van der Waals surface area (Å²) in [5.74, 6) is 0.495. The molecule has 76 valence electrons. The lowest BCUT2D eigenvalue weighted by atomic mass is 9.99. The fraction of sp³-hybridized carbons (Fsp3) is 0.417. The Kier molecular flexibility index (Phi) is 3.42. The van der Waals surface area contributed by atoms with E-state index in [9.17, 15) is 4.79 Å². The third kappa shape index (κ3) is 2.42. The molecule has 0 spiro atoms. The van der Waals surface area contributed by atoms with Crippen molar-refractivity contribution < 1.29 is 4.79 Å². The van der Waals surface area contributed by atoms with E-state index in [4.69, 9.17) is 5.73 Å². The van der Waals surface area contributed by atoms with Crippen LogP contribution in [0.3, 0.4) is 0 Å². The largest absolute Gasteiger partial charge is 0.321 e. The van der Waals surface area contributed by atoms with Gasteiger partial charge >= 0.3 is 0 Å². The normalized spacial score (nSPS) is 12.9. The molecule has 14 heavy (non-hydrogen) atoms. The summed E-state index contributed by atoms with van der Waals surface area (Å²) in [4.78, 5) is 11.5. The summed E-state index contributed by atoms with van der Waals surface area (Å²) < 4.78 is 0. The third-order valence-electron chi connectivity index (χ3n) is 2.28. The number of hydrogen-bond donors (Lipinski definition) is 1. The van der Waals surface area contributed by atoms with Gasteiger partial charge in [-0.2, -0.15) is 0 Å². The molecule has 0 heterocycles. The maximum atomic E-state index is 11.5. The van der Waals surface area contributed by atoms with Gasteiger partial charge in [0.05, 0.1) is 6.04 Å². The minimum absolute atomic E-state index is 0.000283. The summed E-state index contributed by atoms with van der Waals surface area (Å²) in [6.07, 6.45) is 0. The van der Waals surface area contributed by atoms with E-state index in [1.165, 1.54) is 5.56 Å². The van der Waals surface area contributed by atoms with Crippen LogP contribution in [0.5, 0.6) is 0 Å². The van der Waals surface area contributed by atoms with Crippen molar-refractivity contribution in [1.29, 1.82) is 0 Å². The lowest BCUT2D eigenvalue weighted by molar-refractivity contribution is 0.0968. The molecule has 0 radical (unpaired) electrons. The first kappa shape index (κ1) is 10.9. The van der Waals surface area contributed by atoms with Crippen molar-refractivity contribution in [1.82, 2.24) is 0 Å². The minimum Gasteiger partial charge on any atom is -0.321 e. The first-order valence-electron chi connectivity index (χ1n) is 4.92. The summed E-state index contributed by atoms with van der Waals surface area (Å²) in [5.41, 5.74) is 7.46. The van der Waals surface area contributed by atoms with Crippen LogP contribution in [0.2, 0.25) is 0 Å². The molecule has 1 rings (SSSR count). The number of rotatable bonds is 3. The average molecular weight is 191 g/mol. The number of carbonyl (C=O) groups excluding carboxylic acids is 1. The quantitative estimate of drug-likeness (QED) is 0.745. The van der Waals surface area contributed by atoms with E-state index < -0.39 is 6.04 Å². The number of nitrogens with two attached hydrogens (primary N) is 1. The van der Waals surface area contributed by atoms with Gasteiger partial charge in [-0.1, -0.05) is 38.1 Å². The highest BCUT2D eigenvalue weighted by Crippen LogP contribution is 2.15. The standard InChI is InChI=1S/C12H17NO/c1-8(2)10-4-6-11(7-5-10)12(14)9(3)13/h4-9H,13H2,1-3H3. The molecule has 2 nitrogen and oxygen atoms in total. The molecule has 0 aromatic heterocycles. The molecule has 1 aromatic carbocycles. The first-order valence-corrected chi connectivity index (χ1v) is 4.92. The second-order valence-electron chi connectivity index (χ2n) is 3.93. The molecule has 2 heteroatoms. The second-order valence-corrected chi connectivity index (χ2v) is 3.93. The number of benzene rings is 1. The summed E-state index contributed by atoms with van der Waals surface area (Å²) >= 11 is 0. The summed E-state index contributed by atoms with van der Waals surface area (Å²) in [5, 5.41) is 0. The van der Waals surface area contributed by atoms with Crippen LogP contribution in [0.25, 0.3) is 0 Å². The van der Waals surface area contributed by atoms with Crippen molar-refractivity contribution in [3.63, 3.8) is 0 Å². The zero-order valence-corrected chi connectivity index (χ0v) is 8.95. The first-order chi connectivity index (χ1) is 6.52. The smallest absolute Gasteiger partial charge is 0.179 e. The fourth-order valence-corrected chi connectivity index (χ4v) is 1.30.